The molecular weight excluding hydrogens is 1040 g/mol. The third-order valence-corrected chi connectivity index (χ3v) is 12.2. The lowest BCUT2D eigenvalue weighted by Gasteiger charge is -2.30. The van der Waals surface area contributed by atoms with Gasteiger partial charge in [0.25, 0.3) is 5.91 Å². The van der Waals surface area contributed by atoms with E-state index in [1.807, 2.05) is 30.3 Å². The number of nitrogens with zero attached hydrogens (tertiary/aromatic N) is 5. The zero-order chi connectivity index (χ0) is 59.3. The minimum atomic E-state index is -1.76. The number of amides is 9. The molecule has 3 aromatic rings. The van der Waals surface area contributed by atoms with Crippen molar-refractivity contribution in [2.45, 2.75) is 121 Å². The summed E-state index contributed by atoms with van der Waals surface area (Å²) in [7, 11) is 0. The van der Waals surface area contributed by atoms with Gasteiger partial charge in [0.05, 0.1) is 44.6 Å². The highest BCUT2D eigenvalue weighted by Gasteiger charge is 2.37. The molecule has 0 saturated carbocycles. The second-order valence-electron chi connectivity index (χ2n) is 18.7. The smallest absolute Gasteiger partial charge is 0.274 e. The molecule has 30 heteroatoms. The number of aliphatic hydroxyl groups excluding tert-OH is 2. The SMILES string of the molecule is CC[C@H](C)[C@H](NC(=O)[C@@H](NC(=O)[C@H](Cc1ccccc1)NC(=O)[C@H](CCCN=C(N)N)NC(=O)c1cn(C[C@H](Cc2ccccc2)NC(=O)CN)nn1)[C@@H](C)O)C(=O)N[C@@H](CO)C(=O)N[C@@H](CCCN=C(N)N)C(=O)NCC(N)=O. The molecule has 0 aliphatic rings. The maximum Gasteiger partial charge on any atom is 0.274 e. The zero-order valence-electron chi connectivity index (χ0n) is 45.0. The number of hydrogen-bond donors (Lipinski definition) is 16. The van der Waals surface area contributed by atoms with E-state index in [4.69, 9.17) is 34.4 Å². The van der Waals surface area contributed by atoms with Crippen molar-refractivity contribution in [3.63, 3.8) is 0 Å². The number of nitrogens with one attached hydrogen (secondary N) is 8. The molecule has 22 N–H and O–H groups in total. The first-order chi connectivity index (χ1) is 38.0. The predicted molar refractivity (Wildman–Crippen MR) is 292 cm³/mol. The lowest BCUT2D eigenvalue weighted by Crippen LogP contribution is -2.63. The molecule has 1 aromatic heterocycles. The number of aliphatic imine (C=N–C) groups is 2. The van der Waals surface area contributed by atoms with Gasteiger partial charge in [-0.25, -0.2) is 4.68 Å². The number of hydrogen-bond acceptors (Lipinski definition) is 16. The predicted octanol–water partition coefficient (Wildman–Crippen LogP) is -6.14. The van der Waals surface area contributed by atoms with Crippen molar-refractivity contribution in [2.24, 2.45) is 50.3 Å². The van der Waals surface area contributed by atoms with Gasteiger partial charge in [-0.15, -0.1) is 5.10 Å². The van der Waals surface area contributed by atoms with Gasteiger partial charge in [-0.3, -0.25) is 53.1 Å². The number of rotatable bonds is 35. The quantitative estimate of drug-likeness (QED) is 0.0148. The molecule has 0 unspecified atom stereocenters. The third kappa shape index (κ3) is 23.5. The van der Waals surface area contributed by atoms with Crippen LogP contribution in [0.15, 0.2) is 76.8 Å². The fourth-order valence-electron chi connectivity index (χ4n) is 7.80. The Labute approximate surface area is 462 Å². The van der Waals surface area contributed by atoms with Crippen LogP contribution in [-0.2, 0) is 57.7 Å². The summed E-state index contributed by atoms with van der Waals surface area (Å²) in [5.74, 6) is -8.85. The number of benzene rings is 2. The molecule has 1 heterocycles. The van der Waals surface area contributed by atoms with E-state index in [1.165, 1.54) is 17.8 Å². The summed E-state index contributed by atoms with van der Waals surface area (Å²) >= 11 is 0. The van der Waals surface area contributed by atoms with Gasteiger partial charge < -0.3 is 87.1 Å². The molecule has 0 aliphatic carbocycles. The molecule has 0 fully saturated rings. The van der Waals surface area contributed by atoms with E-state index in [1.54, 1.807) is 44.2 Å². The standard InChI is InChI=1S/C50H77N19O11/c1-4-28(2)40(47(79)64-37(27-70)46(78)61-33(17-11-19-57-49(53)54)42(74)59-24-38(52)72)65-48(80)41(29(3)71)66-44(76)35(22-31-15-9-6-10-16-31)63-43(75)34(18-12-20-58-50(55)56)62-45(77)36-26-69(68-67-36)25-32(60-39(73)23-51)21-30-13-7-5-8-14-30/h5-10,13-16,26,28-29,32-35,37,40-41,70-71H,4,11-12,17-25,27,51H2,1-3H3,(H2,52,72)(H,59,74)(H,60,73)(H,61,78)(H,62,77)(H,63,75)(H,64,79)(H,65,80)(H,66,76)(H4,53,54,57)(H4,55,56,58)/t28-,29+,32-,33-,34-,35-,37-,40-,41-/m0/s1. The maximum atomic E-state index is 14.4. The first kappa shape index (κ1) is 65.5. The molecule has 0 radical (unpaired) electrons. The number of aromatic nitrogens is 3. The lowest BCUT2D eigenvalue weighted by molar-refractivity contribution is -0.137. The van der Waals surface area contributed by atoms with Crippen molar-refractivity contribution < 1.29 is 53.4 Å². The summed E-state index contributed by atoms with van der Waals surface area (Å²) in [6, 6.07) is 8.29. The summed E-state index contributed by atoms with van der Waals surface area (Å²) in [6.07, 6.45) is 0.461. The number of aliphatic hydroxyl groups is 2. The van der Waals surface area contributed by atoms with E-state index in [2.05, 4.69) is 62.8 Å². The Kier molecular flexibility index (Phi) is 28.0. The topological polar surface area (TPSA) is 502 Å². The van der Waals surface area contributed by atoms with E-state index in [-0.39, 0.29) is 82.3 Å². The van der Waals surface area contributed by atoms with Crippen LogP contribution < -0.4 is 76.9 Å². The number of guanidine groups is 2. The van der Waals surface area contributed by atoms with Gasteiger partial charge in [0.2, 0.25) is 47.3 Å². The first-order valence-corrected chi connectivity index (χ1v) is 25.8. The Morgan fingerprint density at radius 2 is 1.12 bits per heavy atom. The van der Waals surface area contributed by atoms with Crippen molar-refractivity contribution in [1.29, 1.82) is 0 Å². The summed E-state index contributed by atoms with van der Waals surface area (Å²) in [4.78, 5) is 128. The number of carbonyl (C=O) groups excluding carboxylic acids is 9. The van der Waals surface area contributed by atoms with Crippen LogP contribution >= 0.6 is 0 Å². The van der Waals surface area contributed by atoms with E-state index in [0.717, 1.165) is 5.56 Å². The van der Waals surface area contributed by atoms with Crippen molar-refractivity contribution in [1.82, 2.24) is 57.5 Å². The monoisotopic (exact) mass is 1120 g/mol. The van der Waals surface area contributed by atoms with Crippen molar-refractivity contribution in [3.8, 4) is 0 Å². The van der Waals surface area contributed by atoms with E-state index < -0.39 is 121 Å². The minimum Gasteiger partial charge on any atom is -0.394 e. The van der Waals surface area contributed by atoms with Gasteiger partial charge in [-0.2, -0.15) is 0 Å². The molecule has 0 spiro atoms. The van der Waals surface area contributed by atoms with Gasteiger partial charge >= 0.3 is 0 Å². The maximum absolute atomic E-state index is 14.4. The second-order valence-corrected chi connectivity index (χ2v) is 18.7. The molecule has 9 amide bonds. The molecule has 3 rings (SSSR count). The number of nitrogens with two attached hydrogens (primary N) is 6. The van der Waals surface area contributed by atoms with Crippen LogP contribution in [-0.4, -0.2) is 171 Å². The van der Waals surface area contributed by atoms with Gasteiger partial charge in [0, 0.05) is 19.5 Å². The fraction of sp³-hybridized carbons (Fsp3) is 0.500. The van der Waals surface area contributed by atoms with E-state index in [0.29, 0.717) is 12.0 Å². The van der Waals surface area contributed by atoms with Crippen LogP contribution in [0.1, 0.15) is 74.5 Å². The van der Waals surface area contributed by atoms with Crippen LogP contribution in [0.2, 0.25) is 0 Å². The van der Waals surface area contributed by atoms with Gasteiger partial charge in [0.15, 0.2) is 17.6 Å². The van der Waals surface area contributed by atoms with Gasteiger partial charge in [-0.05, 0) is 56.1 Å². The lowest BCUT2D eigenvalue weighted by atomic mass is 9.97. The summed E-state index contributed by atoms with van der Waals surface area (Å²) in [5, 5.41) is 49.5. The highest BCUT2D eigenvalue weighted by atomic mass is 16.3. The molecule has 0 saturated heterocycles. The van der Waals surface area contributed by atoms with Crippen LogP contribution in [0.25, 0.3) is 0 Å². The highest BCUT2D eigenvalue weighted by Crippen LogP contribution is 2.13. The van der Waals surface area contributed by atoms with Crippen molar-refractivity contribution in [3.05, 3.63) is 83.7 Å². The summed E-state index contributed by atoms with van der Waals surface area (Å²) in [5.41, 5.74) is 33.8. The molecule has 9 atom stereocenters. The molecule has 0 aliphatic heterocycles. The molecule has 438 valence electrons. The Morgan fingerprint density at radius 1 is 0.625 bits per heavy atom. The van der Waals surface area contributed by atoms with Gasteiger partial charge in [-0.1, -0.05) is 86.1 Å². The molecule has 0 bridgehead atoms. The Bertz CT molecular complexity index is 2580. The summed E-state index contributed by atoms with van der Waals surface area (Å²) < 4.78 is 1.35. The average Bonchev–Trinajstić information content (AvgIpc) is 3.90. The molecule has 30 nitrogen and oxygen atoms in total. The van der Waals surface area contributed by atoms with E-state index in [9.17, 15) is 53.4 Å². The fourth-order valence-corrected chi connectivity index (χ4v) is 7.80. The van der Waals surface area contributed by atoms with Gasteiger partial charge in [0.1, 0.15) is 36.3 Å². The van der Waals surface area contributed by atoms with Crippen LogP contribution in [0, 0.1) is 5.92 Å². The third-order valence-electron chi connectivity index (χ3n) is 12.2. The summed E-state index contributed by atoms with van der Waals surface area (Å²) in [6.45, 7) is 2.93. The number of primary amides is 1. The second kappa shape index (κ2) is 34.2. The van der Waals surface area contributed by atoms with Crippen LogP contribution in [0.3, 0.4) is 0 Å². The highest BCUT2D eigenvalue weighted by molar-refractivity contribution is 5.99. The van der Waals surface area contributed by atoms with Crippen molar-refractivity contribution in [2.75, 3.05) is 32.8 Å². The largest absolute Gasteiger partial charge is 0.394 e. The minimum absolute atomic E-state index is 0.0477. The Morgan fingerprint density at radius 3 is 1.65 bits per heavy atom. The molecule has 2 aromatic carbocycles. The number of carbonyl (C=O) groups is 9. The molecular formula is C50H77N19O11. The van der Waals surface area contributed by atoms with E-state index >= 15 is 0 Å². The average molecular weight is 1120 g/mol. The first-order valence-electron chi connectivity index (χ1n) is 25.8. The van der Waals surface area contributed by atoms with Crippen LogP contribution in [0.4, 0.5) is 0 Å². The zero-order valence-corrected chi connectivity index (χ0v) is 45.0. The normalized spacial score (nSPS) is 14.3. The van der Waals surface area contributed by atoms with Crippen molar-refractivity contribution >= 4 is 65.1 Å². The van der Waals surface area contributed by atoms with Crippen LogP contribution in [0.5, 0.6) is 0 Å². The Hall–Kier alpha value is -8.77. The molecule has 80 heavy (non-hydrogen) atoms. The Balaban J connectivity index is 1.86.